The highest BCUT2D eigenvalue weighted by Gasteiger charge is 2.11. The number of hydrogen-bond acceptors (Lipinski definition) is 4. The monoisotopic (exact) mass is 229 g/mol. The summed E-state index contributed by atoms with van der Waals surface area (Å²) in [5.41, 5.74) is 5.45. The average Bonchev–Trinajstić information content (AvgIpc) is 2.10. The fourth-order valence-electron chi connectivity index (χ4n) is 0.905. The molecule has 1 aromatic rings. The lowest BCUT2D eigenvalue weighted by atomic mass is 10.3. The summed E-state index contributed by atoms with van der Waals surface area (Å²) in [6, 6.07) is 4.77. The van der Waals surface area contributed by atoms with E-state index >= 15 is 0 Å². The van der Waals surface area contributed by atoms with Gasteiger partial charge in [-0.3, -0.25) is 4.72 Å². The molecule has 3 N–H and O–H groups in total. The second-order valence-corrected chi connectivity index (χ2v) is 4.47. The Morgan fingerprint density at radius 1 is 1.53 bits per heavy atom. The third-order valence-corrected chi connectivity index (χ3v) is 2.58. The Morgan fingerprint density at radius 2 is 2.20 bits per heavy atom. The van der Waals surface area contributed by atoms with Gasteiger partial charge in [0.1, 0.15) is 5.82 Å². The Bertz CT molecular complexity index is 507. The molecule has 0 spiro atoms. The van der Waals surface area contributed by atoms with Gasteiger partial charge in [-0.1, -0.05) is 0 Å². The molecule has 0 bridgehead atoms. The summed E-state index contributed by atoms with van der Waals surface area (Å²) in [6.45, 7) is 0. The minimum Gasteiger partial charge on any atom is -0.397 e. The van der Waals surface area contributed by atoms with Crippen LogP contribution in [0.5, 0.6) is 0 Å². The summed E-state index contributed by atoms with van der Waals surface area (Å²) in [4.78, 5) is 0. The van der Waals surface area contributed by atoms with Crippen LogP contribution in [0.1, 0.15) is 0 Å². The number of halogens is 1. The summed E-state index contributed by atoms with van der Waals surface area (Å²) in [6.07, 6.45) is 0. The van der Waals surface area contributed by atoms with Gasteiger partial charge < -0.3 is 5.73 Å². The molecule has 0 aliphatic rings. The third-order valence-electron chi connectivity index (χ3n) is 1.54. The molecule has 15 heavy (non-hydrogen) atoms. The quantitative estimate of drug-likeness (QED) is 0.744. The Hall–Kier alpha value is -1.81. The van der Waals surface area contributed by atoms with Gasteiger partial charge in [-0.2, -0.15) is 5.26 Å². The van der Waals surface area contributed by atoms with Gasteiger partial charge in [0, 0.05) is 6.07 Å². The first-order valence-corrected chi connectivity index (χ1v) is 5.52. The average molecular weight is 229 g/mol. The fraction of sp³-hybridized carbons (Fsp3) is 0.125. The van der Waals surface area contributed by atoms with Crippen LogP contribution in [-0.2, 0) is 10.0 Å². The number of nitrogens with one attached hydrogen (secondary N) is 1. The maximum Gasteiger partial charge on any atom is 0.246 e. The van der Waals surface area contributed by atoms with Crippen molar-refractivity contribution in [3.05, 3.63) is 24.0 Å². The normalized spacial score (nSPS) is 10.7. The van der Waals surface area contributed by atoms with Crippen molar-refractivity contribution in [2.24, 2.45) is 0 Å². The number of nitrogen functional groups attached to an aromatic ring is 1. The molecule has 0 aliphatic heterocycles. The van der Waals surface area contributed by atoms with E-state index in [2.05, 4.69) is 0 Å². The first-order chi connectivity index (χ1) is 6.94. The number of nitriles is 1. The van der Waals surface area contributed by atoms with Crippen molar-refractivity contribution in [3.8, 4) is 6.07 Å². The van der Waals surface area contributed by atoms with Crippen molar-refractivity contribution in [1.82, 2.24) is 0 Å². The maximum atomic E-state index is 12.8. The van der Waals surface area contributed by atoms with Crippen LogP contribution in [0.4, 0.5) is 15.8 Å². The van der Waals surface area contributed by atoms with Gasteiger partial charge >= 0.3 is 0 Å². The molecule has 1 aromatic carbocycles. The highest BCUT2D eigenvalue weighted by Crippen LogP contribution is 2.20. The topological polar surface area (TPSA) is 96.0 Å². The van der Waals surface area contributed by atoms with Crippen molar-refractivity contribution in [3.63, 3.8) is 0 Å². The van der Waals surface area contributed by atoms with Crippen molar-refractivity contribution >= 4 is 21.4 Å². The lowest BCUT2D eigenvalue weighted by Crippen LogP contribution is -2.16. The van der Waals surface area contributed by atoms with Gasteiger partial charge in [0.15, 0.2) is 5.75 Å². The van der Waals surface area contributed by atoms with E-state index in [0.717, 1.165) is 12.1 Å². The molecule has 5 nitrogen and oxygen atoms in total. The molecule has 0 radical (unpaired) electrons. The van der Waals surface area contributed by atoms with Gasteiger partial charge in [0.2, 0.25) is 10.0 Å². The minimum absolute atomic E-state index is 0.0646. The van der Waals surface area contributed by atoms with Gasteiger partial charge in [0.05, 0.1) is 17.4 Å². The molecular formula is C8H8FN3O2S. The van der Waals surface area contributed by atoms with Crippen LogP contribution in [0.15, 0.2) is 18.2 Å². The van der Waals surface area contributed by atoms with E-state index in [9.17, 15) is 12.8 Å². The maximum absolute atomic E-state index is 12.8. The molecule has 0 unspecified atom stereocenters. The predicted octanol–water partition coefficient (Wildman–Crippen LogP) is 0.673. The summed E-state index contributed by atoms with van der Waals surface area (Å²) in [7, 11) is -3.78. The Balaban J connectivity index is 3.00. The van der Waals surface area contributed by atoms with Crippen molar-refractivity contribution < 1.29 is 12.8 Å². The van der Waals surface area contributed by atoms with E-state index in [4.69, 9.17) is 11.0 Å². The number of hydrogen-bond donors (Lipinski definition) is 2. The Labute approximate surface area is 86.4 Å². The number of rotatable bonds is 3. The molecule has 0 saturated heterocycles. The van der Waals surface area contributed by atoms with Gasteiger partial charge in [-0.05, 0) is 12.1 Å². The highest BCUT2D eigenvalue weighted by atomic mass is 32.2. The molecule has 0 amide bonds. The predicted molar refractivity (Wildman–Crippen MR) is 53.8 cm³/mol. The summed E-state index contributed by atoms with van der Waals surface area (Å²) in [5.74, 6) is -1.32. The Morgan fingerprint density at radius 3 is 2.80 bits per heavy atom. The summed E-state index contributed by atoms with van der Waals surface area (Å²) < 4.78 is 37.1. The lowest BCUT2D eigenvalue weighted by molar-refractivity contribution is 0.604. The van der Waals surface area contributed by atoms with Crippen LogP contribution in [0.25, 0.3) is 0 Å². The molecule has 1 rings (SSSR count). The van der Waals surface area contributed by atoms with E-state index in [1.165, 1.54) is 12.1 Å². The molecule has 0 aromatic heterocycles. The number of benzene rings is 1. The zero-order valence-electron chi connectivity index (χ0n) is 7.57. The zero-order valence-corrected chi connectivity index (χ0v) is 8.38. The standard InChI is InChI=1S/C8H8FN3O2S/c9-6-1-2-7(11)8(5-6)12-15(13,14)4-3-10/h1-2,5,12H,4,11H2. The van der Waals surface area contributed by atoms with Crippen LogP contribution in [0.3, 0.4) is 0 Å². The van der Waals surface area contributed by atoms with E-state index in [1.54, 1.807) is 0 Å². The van der Waals surface area contributed by atoms with Gasteiger partial charge in [0.25, 0.3) is 0 Å². The van der Waals surface area contributed by atoms with Crippen LogP contribution in [-0.4, -0.2) is 14.2 Å². The van der Waals surface area contributed by atoms with Crippen molar-refractivity contribution in [2.75, 3.05) is 16.2 Å². The molecule has 0 atom stereocenters. The smallest absolute Gasteiger partial charge is 0.246 e. The largest absolute Gasteiger partial charge is 0.397 e. The van der Waals surface area contributed by atoms with E-state index in [1.807, 2.05) is 4.72 Å². The lowest BCUT2D eigenvalue weighted by Gasteiger charge is -2.07. The number of nitrogens with two attached hydrogens (primary N) is 1. The summed E-state index contributed by atoms with van der Waals surface area (Å²) >= 11 is 0. The second-order valence-electron chi connectivity index (χ2n) is 2.75. The van der Waals surface area contributed by atoms with Crippen LogP contribution in [0.2, 0.25) is 0 Å². The zero-order chi connectivity index (χ0) is 11.5. The first-order valence-electron chi connectivity index (χ1n) is 3.87. The fourth-order valence-corrected chi connectivity index (χ4v) is 1.66. The molecule has 0 aliphatic carbocycles. The minimum atomic E-state index is -3.78. The van der Waals surface area contributed by atoms with E-state index < -0.39 is 21.6 Å². The molecule has 0 heterocycles. The first kappa shape index (κ1) is 11.3. The molecule has 7 heteroatoms. The third kappa shape index (κ3) is 3.11. The van der Waals surface area contributed by atoms with Crippen LogP contribution in [0, 0.1) is 17.1 Å². The molecular weight excluding hydrogens is 221 g/mol. The molecule has 80 valence electrons. The second kappa shape index (κ2) is 4.14. The number of nitrogens with zero attached hydrogens (tertiary/aromatic N) is 1. The highest BCUT2D eigenvalue weighted by molar-refractivity contribution is 7.92. The number of anilines is 2. The molecule has 0 saturated carbocycles. The van der Waals surface area contributed by atoms with Crippen LogP contribution >= 0.6 is 0 Å². The van der Waals surface area contributed by atoms with Crippen LogP contribution < -0.4 is 10.5 Å². The van der Waals surface area contributed by atoms with E-state index in [-0.39, 0.29) is 11.4 Å². The number of sulfonamides is 1. The van der Waals surface area contributed by atoms with Crippen molar-refractivity contribution in [1.29, 1.82) is 5.26 Å². The van der Waals surface area contributed by atoms with Crippen molar-refractivity contribution in [2.45, 2.75) is 0 Å². The SMILES string of the molecule is N#CCS(=O)(=O)Nc1cc(F)ccc1N. The van der Waals surface area contributed by atoms with Gasteiger partial charge in [-0.15, -0.1) is 0 Å². The van der Waals surface area contributed by atoms with Gasteiger partial charge in [-0.25, -0.2) is 12.8 Å². The summed E-state index contributed by atoms with van der Waals surface area (Å²) in [5, 5.41) is 8.23. The van der Waals surface area contributed by atoms with E-state index in [0.29, 0.717) is 0 Å². The Kier molecular flexibility index (Phi) is 3.11. The molecule has 0 fully saturated rings.